The van der Waals surface area contributed by atoms with Gasteiger partial charge in [-0.15, -0.1) is 0 Å². The fourth-order valence-corrected chi connectivity index (χ4v) is 1.52. The molecular formula is C11H12FNO2. The Morgan fingerprint density at radius 1 is 1.40 bits per heavy atom. The largest absolute Gasteiger partial charge is 0.277 e. The second-order valence-electron chi connectivity index (χ2n) is 3.46. The molecule has 0 spiro atoms. The molecule has 1 aliphatic heterocycles. The lowest BCUT2D eigenvalue weighted by atomic mass is 10.2. The first-order chi connectivity index (χ1) is 7.27. The maximum absolute atomic E-state index is 12.9. The number of amides is 1. The minimum atomic E-state index is -0.405. The quantitative estimate of drug-likeness (QED) is 0.708. The molecule has 1 aromatic rings. The van der Waals surface area contributed by atoms with E-state index in [0.29, 0.717) is 18.7 Å². The molecule has 3 nitrogen and oxygen atoms in total. The highest BCUT2D eigenvalue weighted by Crippen LogP contribution is 2.12. The number of hydrogen-bond acceptors (Lipinski definition) is 2. The number of hydroxylamine groups is 2. The molecule has 2 rings (SSSR count). The summed E-state index contributed by atoms with van der Waals surface area (Å²) in [6.07, 6.45) is 1.90. The van der Waals surface area contributed by atoms with Crippen LogP contribution >= 0.6 is 0 Å². The number of benzene rings is 1. The summed E-state index contributed by atoms with van der Waals surface area (Å²) in [7, 11) is 0. The molecule has 0 aliphatic carbocycles. The molecule has 1 fully saturated rings. The van der Waals surface area contributed by atoms with Gasteiger partial charge in [0.05, 0.1) is 6.61 Å². The average Bonchev–Trinajstić information content (AvgIpc) is 2.29. The van der Waals surface area contributed by atoms with Crippen LogP contribution in [0, 0.1) is 5.82 Å². The Morgan fingerprint density at radius 2 is 2.27 bits per heavy atom. The van der Waals surface area contributed by atoms with Gasteiger partial charge in [-0.1, -0.05) is 6.07 Å². The van der Waals surface area contributed by atoms with Gasteiger partial charge in [-0.3, -0.25) is 9.63 Å². The molecule has 1 heterocycles. The van der Waals surface area contributed by atoms with E-state index in [-0.39, 0.29) is 5.91 Å². The minimum Gasteiger partial charge on any atom is -0.271 e. The predicted octanol–water partition coefficient (Wildman–Crippen LogP) is 1.99. The standard InChI is InChI=1S/C11H12FNO2/c12-10-5-3-4-9(8-10)11(14)13-6-1-2-7-15-13/h3-5,8H,1-2,6-7H2. The molecule has 80 valence electrons. The highest BCUT2D eigenvalue weighted by atomic mass is 19.1. The Morgan fingerprint density at radius 3 is 2.93 bits per heavy atom. The van der Waals surface area contributed by atoms with Crippen LogP contribution in [0.4, 0.5) is 4.39 Å². The van der Waals surface area contributed by atoms with Gasteiger partial charge in [0.15, 0.2) is 0 Å². The van der Waals surface area contributed by atoms with Crippen molar-refractivity contribution in [1.29, 1.82) is 0 Å². The fraction of sp³-hybridized carbons (Fsp3) is 0.364. The normalized spacial score (nSPS) is 16.5. The van der Waals surface area contributed by atoms with E-state index >= 15 is 0 Å². The van der Waals surface area contributed by atoms with Gasteiger partial charge in [-0.2, -0.15) is 0 Å². The predicted molar refractivity (Wildman–Crippen MR) is 52.6 cm³/mol. The number of carbonyl (C=O) groups is 1. The first-order valence-corrected chi connectivity index (χ1v) is 4.98. The Balaban J connectivity index is 2.12. The summed E-state index contributed by atoms with van der Waals surface area (Å²) in [5.74, 6) is -0.674. The Labute approximate surface area is 87.4 Å². The van der Waals surface area contributed by atoms with Gasteiger partial charge in [-0.05, 0) is 31.0 Å². The fourth-order valence-electron chi connectivity index (χ4n) is 1.52. The minimum absolute atomic E-state index is 0.269. The van der Waals surface area contributed by atoms with Crippen LogP contribution in [0.5, 0.6) is 0 Å². The Kier molecular flexibility index (Phi) is 2.97. The van der Waals surface area contributed by atoms with E-state index in [0.717, 1.165) is 12.8 Å². The van der Waals surface area contributed by atoms with Gasteiger partial charge in [0, 0.05) is 12.1 Å². The zero-order valence-corrected chi connectivity index (χ0v) is 8.28. The van der Waals surface area contributed by atoms with Gasteiger partial charge in [0.2, 0.25) is 0 Å². The number of hydrogen-bond donors (Lipinski definition) is 0. The Bertz CT molecular complexity index is 361. The molecule has 15 heavy (non-hydrogen) atoms. The number of carbonyl (C=O) groups excluding carboxylic acids is 1. The summed E-state index contributed by atoms with van der Waals surface area (Å²) in [6.45, 7) is 1.14. The smallest absolute Gasteiger partial charge is 0.271 e. The highest BCUT2D eigenvalue weighted by Gasteiger charge is 2.19. The monoisotopic (exact) mass is 209 g/mol. The number of halogens is 1. The van der Waals surface area contributed by atoms with E-state index in [1.165, 1.54) is 23.3 Å². The molecule has 1 aromatic carbocycles. The van der Waals surface area contributed by atoms with Crippen LogP contribution in [0.15, 0.2) is 24.3 Å². The lowest BCUT2D eigenvalue weighted by Gasteiger charge is -2.25. The first kappa shape index (κ1) is 10.1. The molecule has 0 N–H and O–H groups in total. The van der Waals surface area contributed by atoms with Crippen molar-refractivity contribution < 1.29 is 14.0 Å². The van der Waals surface area contributed by atoms with Crippen molar-refractivity contribution in [2.24, 2.45) is 0 Å². The van der Waals surface area contributed by atoms with E-state index in [9.17, 15) is 9.18 Å². The van der Waals surface area contributed by atoms with E-state index < -0.39 is 5.82 Å². The van der Waals surface area contributed by atoms with Crippen molar-refractivity contribution in [3.63, 3.8) is 0 Å². The molecule has 0 atom stereocenters. The summed E-state index contributed by atoms with van der Waals surface area (Å²) in [5.41, 5.74) is 0.330. The van der Waals surface area contributed by atoms with Crippen LogP contribution in [0.2, 0.25) is 0 Å². The molecule has 1 saturated heterocycles. The van der Waals surface area contributed by atoms with Crippen molar-refractivity contribution in [2.75, 3.05) is 13.2 Å². The van der Waals surface area contributed by atoms with Crippen molar-refractivity contribution >= 4 is 5.91 Å². The summed E-state index contributed by atoms with van der Waals surface area (Å²) >= 11 is 0. The molecule has 4 heteroatoms. The summed E-state index contributed by atoms with van der Waals surface area (Å²) in [4.78, 5) is 17.0. The molecule has 0 unspecified atom stereocenters. The van der Waals surface area contributed by atoms with Crippen LogP contribution < -0.4 is 0 Å². The van der Waals surface area contributed by atoms with Gasteiger partial charge in [-0.25, -0.2) is 9.45 Å². The molecule has 0 radical (unpaired) electrons. The average molecular weight is 209 g/mol. The molecular weight excluding hydrogens is 197 g/mol. The number of rotatable bonds is 1. The molecule has 0 bridgehead atoms. The van der Waals surface area contributed by atoms with Crippen LogP contribution in [-0.2, 0) is 4.84 Å². The van der Waals surface area contributed by atoms with Crippen molar-refractivity contribution in [2.45, 2.75) is 12.8 Å². The maximum Gasteiger partial charge on any atom is 0.277 e. The lowest BCUT2D eigenvalue weighted by Crippen LogP contribution is -2.35. The summed E-state index contributed by atoms with van der Waals surface area (Å²) in [5, 5.41) is 1.30. The summed E-state index contributed by atoms with van der Waals surface area (Å²) in [6, 6.07) is 5.64. The van der Waals surface area contributed by atoms with E-state index in [4.69, 9.17) is 4.84 Å². The lowest BCUT2D eigenvalue weighted by molar-refractivity contribution is -0.144. The maximum atomic E-state index is 12.9. The van der Waals surface area contributed by atoms with Crippen LogP contribution in [0.1, 0.15) is 23.2 Å². The topological polar surface area (TPSA) is 29.5 Å². The van der Waals surface area contributed by atoms with Gasteiger partial charge < -0.3 is 0 Å². The molecule has 1 aliphatic rings. The summed E-state index contributed by atoms with van der Waals surface area (Å²) < 4.78 is 12.9. The van der Waals surface area contributed by atoms with Crippen LogP contribution in [0.3, 0.4) is 0 Å². The highest BCUT2D eigenvalue weighted by molar-refractivity contribution is 5.93. The van der Waals surface area contributed by atoms with Crippen LogP contribution in [-0.4, -0.2) is 24.1 Å². The third-order valence-electron chi connectivity index (χ3n) is 2.30. The second-order valence-corrected chi connectivity index (χ2v) is 3.46. The third-order valence-corrected chi connectivity index (χ3v) is 2.30. The third kappa shape index (κ3) is 2.33. The zero-order chi connectivity index (χ0) is 10.7. The molecule has 0 saturated carbocycles. The number of nitrogens with zero attached hydrogens (tertiary/aromatic N) is 1. The second kappa shape index (κ2) is 4.40. The Hall–Kier alpha value is -1.42. The van der Waals surface area contributed by atoms with Crippen LogP contribution in [0.25, 0.3) is 0 Å². The van der Waals surface area contributed by atoms with Gasteiger partial charge in [0.25, 0.3) is 5.91 Å². The van der Waals surface area contributed by atoms with Gasteiger partial charge in [0.1, 0.15) is 5.82 Å². The SMILES string of the molecule is O=C(c1cccc(F)c1)N1CCCCO1. The van der Waals surface area contributed by atoms with E-state index in [1.807, 2.05) is 0 Å². The molecule has 0 aromatic heterocycles. The van der Waals surface area contributed by atoms with E-state index in [1.54, 1.807) is 6.07 Å². The van der Waals surface area contributed by atoms with Crippen molar-refractivity contribution in [3.8, 4) is 0 Å². The first-order valence-electron chi connectivity index (χ1n) is 4.98. The zero-order valence-electron chi connectivity index (χ0n) is 8.28. The van der Waals surface area contributed by atoms with E-state index in [2.05, 4.69) is 0 Å². The van der Waals surface area contributed by atoms with Crippen molar-refractivity contribution in [1.82, 2.24) is 5.06 Å². The molecule has 1 amide bonds. The van der Waals surface area contributed by atoms with Crippen molar-refractivity contribution in [3.05, 3.63) is 35.6 Å². The van der Waals surface area contributed by atoms with Gasteiger partial charge >= 0.3 is 0 Å².